The van der Waals surface area contributed by atoms with Gasteiger partial charge in [-0.1, -0.05) is 138 Å². The van der Waals surface area contributed by atoms with E-state index in [0.717, 1.165) is 30.7 Å². The van der Waals surface area contributed by atoms with Crippen LogP contribution < -0.4 is 0 Å². The summed E-state index contributed by atoms with van der Waals surface area (Å²) in [7, 11) is 0. The number of fused-ring (bicyclic) bond motifs is 3. The zero-order valence-electron chi connectivity index (χ0n) is 33.2. The molecule has 1 atom stereocenters. The van der Waals surface area contributed by atoms with Gasteiger partial charge in [0.15, 0.2) is 0 Å². The predicted molar refractivity (Wildman–Crippen MR) is 215 cm³/mol. The molecule has 0 saturated heterocycles. The van der Waals surface area contributed by atoms with Crippen molar-refractivity contribution in [2.45, 2.75) is 85.0 Å². The topological polar surface area (TPSA) is 0 Å². The number of allylic oxidation sites excluding steroid dienone is 4. The molecule has 5 aromatic rings. The van der Waals surface area contributed by atoms with Gasteiger partial charge >= 0.3 is 40.8 Å². The summed E-state index contributed by atoms with van der Waals surface area (Å²) in [6, 6.07) is 39.6. The fourth-order valence-electron chi connectivity index (χ4n) is 5.89. The van der Waals surface area contributed by atoms with Gasteiger partial charge in [-0.05, 0) is 17.4 Å². The van der Waals surface area contributed by atoms with E-state index >= 15 is 0 Å². The van der Waals surface area contributed by atoms with Crippen molar-refractivity contribution in [3.05, 3.63) is 184 Å². The molecule has 0 aromatic heterocycles. The van der Waals surface area contributed by atoms with Crippen molar-refractivity contribution >= 4 is 9.78 Å². The molecule has 0 saturated carbocycles. The fourth-order valence-corrected chi connectivity index (χ4v) is 5.89. The van der Waals surface area contributed by atoms with Gasteiger partial charge in [-0.2, -0.15) is 128 Å². The molecule has 0 spiro atoms. The normalized spacial score (nSPS) is 14.3. The Labute approximate surface area is 344 Å². The molecular weight excluding hydrogens is 794 g/mol. The van der Waals surface area contributed by atoms with E-state index in [9.17, 15) is 26.3 Å². The summed E-state index contributed by atoms with van der Waals surface area (Å²) in [6.45, 7) is 17.9. The molecule has 56 heavy (non-hydrogen) atoms. The van der Waals surface area contributed by atoms with Gasteiger partial charge in [-0.25, -0.2) is 5.57 Å². The molecule has 0 amide bonds. The summed E-state index contributed by atoms with van der Waals surface area (Å²) in [4.78, 5) is 0. The Kier molecular flexibility index (Phi) is 16.4. The standard InChI is InChI=1S/C21H25.C13H13.2C7H4F3.CH2.Zr/c1-20(2,3)16-9-7-14-11-15-8-10-17(21(4,5)6)13-19(15)18(14)12-16;1-10-8-11(2)13(9-10)12-6-4-3-5-7-12;2*8-7(9,10)6-4-2-1-3-5-6;;/h7,9-10,12-13H,11H2,1-6H3;3-7,9-10H,1-2H3;2*1-2,4-5H;1H2;/q4*-1;;. The maximum atomic E-state index is 11.8. The van der Waals surface area contributed by atoms with Crippen LogP contribution in [0.3, 0.4) is 0 Å². The average molecular weight is 842 g/mol. The number of halogens is 6. The van der Waals surface area contributed by atoms with Crippen LogP contribution in [0.15, 0.2) is 121 Å². The summed E-state index contributed by atoms with van der Waals surface area (Å²) in [5.41, 5.74) is 11.4. The quantitative estimate of drug-likeness (QED) is 0.114. The van der Waals surface area contributed by atoms with Gasteiger partial charge in [0.2, 0.25) is 0 Å². The Bertz CT molecular complexity index is 1930. The third kappa shape index (κ3) is 13.5. The first-order valence-corrected chi connectivity index (χ1v) is 19.9. The van der Waals surface area contributed by atoms with Crippen LogP contribution in [0.25, 0.3) is 16.7 Å². The van der Waals surface area contributed by atoms with Crippen molar-refractivity contribution in [3.63, 3.8) is 0 Å². The van der Waals surface area contributed by atoms with Crippen molar-refractivity contribution in [2.75, 3.05) is 0 Å². The van der Waals surface area contributed by atoms with Gasteiger partial charge in [0, 0.05) is 0 Å². The SMILES string of the molecule is CC(C)(C)c1c[c-]c2c(c1)-c1cc(C(C)(C)C)ccc1C2.CC1=[C-]C(C)C=C1c1ccccc1.FC(F)(F)c1c[c-]ccc1.FC(F)(F)c1c[c-]ccc1.[CH2]=[Zr]. The van der Waals surface area contributed by atoms with E-state index in [2.05, 4.69) is 145 Å². The van der Waals surface area contributed by atoms with Gasteiger partial charge in [0.1, 0.15) is 0 Å². The molecule has 0 bridgehead atoms. The first-order chi connectivity index (χ1) is 26.1. The number of alkyl halides is 6. The Morgan fingerprint density at radius 1 is 0.625 bits per heavy atom. The van der Waals surface area contributed by atoms with Crippen molar-refractivity contribution in [1.82, 2.24) is 0 Å². The van der Waals surface area contributed by atoms with Crippen LogP contribution in [0.2, 0.25) is 0 Å². The molecule has 7 rings (SSSR count). The van der Waals surface area contributed by atoms with Gasteiger partial charge in [-0.3, -0.25) is 6.08 Å². The Morgan fingerprint density at radius 2 is 1.14 bits per heavy atom. The second-order valence-corrected chi connectivity index (χ2v) is 15.4. The molecule has 5 aromatic carbocycles. The van der Waals surface area contributed by atoms with Crippen LogP contribution in [0.5, 0.6) is 0 Å². The number of hydrogen-bond acceptors (Lipinski definition) is 0. The van der Waals surface area contributed by atoms with Crippen molar-refractivity contribution in [3.8, 4) is 11.1 Å². The molecule has 0 heterocycles. The number of benzene rings is 5. The zero-order valence-corrected chi connectivity index (χ0v) is 35.7. The van der Waals surface area contributed by atoms with Gasteiger partial charge in [-0.15, -0.1) is 11.1 Å². The van der Waals surface area contributed by atoms with E-state index in [4.69, 9.17) is 0 Å². The van der Waals surface area contributed by atoms with Gasteiger partial charge in [0.05, 0.1) is 0 Å². The number of hydrogen-bond donors (Lipinski definition) is 0. The third-order valence-electron chi connectivity index (χ3n) is 8.94. The minimum absolute atomic E-state index is 0.177. The Balaban J connectivity index is 0.000000208. The molecule has 0 nitrogen and oxygen atoms in total. The Hall–Kier alpha value is -4.09. The van der Waals surface area contributed by atoms with E-state index in [0.29, 0.717) is 5.92 Å². The van der Waals surface area contributed by atoms with Gasteiger partial charge in [0.25, 0.3) is 0 Å². The third-order valence-corrected chi connectivity index (χ3v) is 8.94. The summed E-state index contributed by atoms with van der Waals surface area (Å²) < 4.78 is 73.9. The van der Waals surface area contributed by atoms with Crippen LogP contribution in [-0.4, -0.2) is 4.21 Å². The average Bonchev–Trinajstić information content (AvgIpc) is 3.70. The Morgan fingerprint density at radius 3 is 1.55 bits per heavy atom. The summed E-state index contributed by atoms with van der Waals surface area (Å²) in [5.74, 6) is 0.468. The molecular formula is C49H48F6Zr-4. The van der Waals surface area contributed by atoms with Crippen LogP contribution in [0, 0.1) is 30.2 Å². The molecule has 2 aliphatic carbocycles. The molecule has 0 fully saturated rings. The summed E-state index contributed by atoms with van der Waals surface area (Å²) in [5, 5.41) is 0. The fraction of sp³-hybridized carbons (Fsp3) is 0.286. The summed E-state index contributed by atoms with van der Waals surface area (Å²) in [6.07, 6.45) is -1.79. The molecule has 0 N–H and O–H groups in total. The molecule has 1 unspecified atom stereocenters. The second-order valence-electron chi connectivity index (χ2n) is 15.4. The summed E-state index contributed by atoms with van der Waals surface area (Å²) >= 11 is 1.30. The van der Waals surface area contributed by atoms with Crippen LogP contribution >= 0.6 is 0 Å². The van der Waals surface area contributed by atoms with E-state index in [1.54, 1.807) is 0 Å². The van der Waals surface area contributed by atoms with Crippen LogP contribution in [0.4, 0.5) is 26.3 Å². The molecule has 0 aliphatic heterocycles. The monoisotopic (exact) mass is 840 g/mol. The number of rotatable bonds is 1. The van der Waals surface area contributed by atoms with Crippen LogP contribution in [0.1, 0.15) is 94.3 Å². The maximum absolute atomic E-state index is 11.8. The molecule has 0 radical (unpaired) electrons. The van der Waals surface area contributed by atoms with Crippen molar-refractivity contribution in [2.24, 2.45) is 5.92 Å². The van der Waals surface area contributed by atoms with Gasteiger partial charge < -0.3 is 0 Å². The van der Waals surface area contributed by atoms with Crippen molar-refractivity contribution in [1.29, 1.82) is 0 Å². The van der Waals surface area contributed by atoms with E-state index in [1.165, 1.54) is 98.6 Å². The van der Waals surface area contributed by atoms with E-state index < -0.39 is 23.5 Å². The van der Waals surface area contributed by atoms with E-state index in [1.807, 2.05) is 6.07 Å². The minimum atomic E-state index is -4.24. The second kappa shape index (κ2) is 19.9. The molecule has 2 aliphatic rings. The molecule has 294 valence electrons. The molecule has 7 heteroatoms. The zero-order chi connectivity index (χ0) is 41.9. The van der Waals surface area contributed by atoms with E-state index in [-0.39, 0.29) is 10.8 Å². The van der Waals surface area contributed by atoms with Crippen molar-refractivity contribution < 1.29 is 50.6 Å². The first-order valence-electron chi connectivity index (χ1n) is 18.1. The first kappa shape index (κ1) is 46.3. The predicted octanol–water partition coefficient (Wildman–Crippen LogP) is 14.1. The van der Waals surface area contributed by atoms with Crippen LogP contribution in [-0.2, 0) is 53.8 Å².